The van der Waals surface area contributed by atoms with E-state index >= 15 is 0 Å². The molecule has 0 unspecified atom stereocenters. The quantitative estimate of drug-likeness (QED) is 0.433. The minimum atomic E-state index is -0.625. The van der Waals surface area contributed by atoms with Crippen LogP contribution in [-0.2, 0) is 11.3 Å². The number of esters is 1. The van der Waals surface area contributed by atoms with Crippen molar-refractivity contribution in [2.24, 2.45) is 0 Å². The van der Waals surface area contributed by atoms with E-state index in [0.717, 1.165) is 0 Å². The van der Waals surface area contributed by atoms with Gasteiger partial charge in [0.2, 0.25) is 0 Å². The molecule has 8 nitrogen and oxygen atoms in total. The molecule has 0 aliphatic rings. The first kappa shape index (κ1) is 24.4. The first-order chi connectivity index (χ1) is 16.5. The zero-order valence-corrected chi connectivity index (χ0v) is 19.5. The first-order valence-corrected chi connectivity index (χ1v) is 10.6. The highest BCUT2D eigenvalue weighted by atomic mass is 16.5. The summed E-state index contributed by atoms with van der Waals surface area (Å²) >= 11 is 0. The van der Waals surface area contributed by atoms with Crippen molar-refractivity contribution in [2.45, 2.75) is 13.5 Å². The number of hydrogen-bond acceptors (Lipinski definition) is 7. The Bertz CT molecular complexity index is 1150. The number of benzene rings is 3. The summed E-state index contributed by atoms with van der Waals surface area (Å²) in [4.78, 5) is 25.4. The summed E-state index contributed by atoms with van der Waals surface area (Å²) in [5.41, 5.74) is 1.43. The third-order valence-electron chi connectivity index (χ3n) is 4.94. The van der Waals surface area contributed by atoms with E-state index in [1.807, 2.05) is 37.3 Å². The number of hydrogen-bond donors (Lipinski definition) is 1. The van der Waals surface area contributed by atoms with Crippen LogP contribution in [0.4, 0.5) is 5.69 Å². The van der Waals surface area contributed by atoms with Gasteiger partial charge < -0.3 is 29.0 Å². The Kier molecular flexibility index (Phi) is 8.34. The predicted octanol–water partition coefficient (Wildman–Crippen LogP) is 4.72. The molecule has 0 aliphatic heterocycles. The number of ether oxygens (including phenoxy) is 5. The zero-order valence-electron chi connectivity index (χ0n) is 19.5. The second-order valence-corrected chi connectivity index (χ2v) is 7.06. The normalized spacial score (nSPS) is 10.2. The van der Waals surface area contributed by atoms with E-state index in [1.165, 1.54) is 33.5 Å². The van der Waals surface area contributed by atoms with E-state index in [-0.39, 0.29) is 17.9 Å². The van der Waals surface area contributed by atoms with Crippen LogP contribution in [0.1, 0.15) is 33.2 Å². The minimum Gasteiger partial charge on any atom is -0.493 e. The summed E-state index contributed by atoms with van der Waals surface area (Å²) < 4.78 is 27.0. The highest BCUT2D eigenvalue weighted by Gasteiger charge is 2.20. The highest BCUT2D eigenvalue weighted by molar-refractivity contribution is 6.08. The molecule has 3 aromatic rings. The molecule has 34 heavy (non-hydrogen) atoms. The van der Waals surface area contributed by atoms with E-state index in [1.54, 1.807) is 18.2 Å². The molecule has 1 amide bonds. The van der Waals surface area contributed by atoms with Crippen LogP contribution in [0.3, 0.4) is 0 Å². The van der Waals surface area contributed by atoms with Gasteiger partial charge in [-0.25, -0.2) is 4.79 Å². The smallest absolute Gasteiger partial charge is 0.340 e. The lowest BCUT2D eigenvalue weighted by Crippen LogP contribution is -2.16. The largest absolute Gasteiger partial charge is 0.493 e. The van der Waals surface area contributed by atoms with Gasteiger partial charge in [-0.2, -0.15) is 0 Å². The van der Waals surface area contributed by atoms with E-state index in [2.05, 4.69) is 5.32 Å². The minimum absolute atomic E-state index is 0.132. The Labute approximate surface area is 198 Å². The Balaban J connectivity index is 1.90. The maximum atomic E-state index is 13.1. The molecule has 0 aromatic heterocycles. The van der Waals surface area contributed by atoms with Crippen molar-refractivity contribution in [1.29, 1.82) is 0 Å². The van der Waals surface area contributed by atoms with Crippen molar-refractivity contribution >= 4 is 17.6 Å². The molecule has 0 atom stereocenters. The first-order valence-electron chi connectivity index (χ1n) is 10.6. The van der Waals surface area contributed by atoms with Crippen LogP contribution in [0.2, 0.25) is 0 Å². The Morgan fingerprint density at radius 1 is 0.824 bits per heavy atom. The molecule has 3 aromatic carbocycles. The summed E-state index contributed by atoms with van der Waals surface area (Å²) in [5, 5.41) is 2.76. The molecular formula is C26H27NO7. The molecule has 0 spiro atoms. The monoisotopic (exact) mass is 465 g/mol. The number of methoxy groups -OCH3 is 3. The Hall–Kier alpha value is -4.20. The maximum Gasteiger partial charge on any atom is 0.340 e. The fourth-order valence-corrected chi connectivity index (χ4v) is 3.26. The molecular weight excluding hydrogens is 438 g/mol. The number of para-hydroxylation sites is 1. The van der Waals surface area contributed by atoms with Crippen LogP contribution in [0.25, 0.3) is 0 Å². The van der Waals surface area contributed by atoms with Gasteiger partial charge in [0.1, 0.15) is 18.1 Å². The lowest BCUT2D eigenvalue weighted by molar-refractivity contribution is 0.0601. The van der Waals surface area contributed by atoms with Crippen molar-refractivity contribution in [3.8, 4) is 23.0 Å². The molecule has 0 saturated heterocycles. The third kappa shape index (κ3) is 5.78. The fourth-order valence-electron chi connectivity index (χ4n) is 3.26. The maximum absolute atomic E-state index is 13.1. The molecule has 8 heteroatoms. The number of rotatable bonds is 10. The van der Waals surface area contributed by atoms with Gasteiger partial charge in [0.25, 0.3) is 5.91 Å². The van der Waals surface area contributed by atoms with Crippen molar-refractivity contribution < 1.29 is 33.3 Å². The molecule has 0 heterocycles. The summed E-state index contributed by atoms with van der Waals surface area (Å²) in [6.45, 7) is 2.57. The summed E-state index contributed by atoms with van der Waals surface area (Å²) in [5.74, 6) is 0.960. The van der Waals surface area contributed by atoms with E-state index in [9.17, 15) is 9.59 Å². The van der Waals surface area contributed by atoms with E-state index in [4.69, 9.17) is 23.7 Å². The fraction of sp³-hybridized carbons (Fsp3) is 0.231. The van der Waals surface area contributed by atoms with Gasteiger partial charge in [-0.1, -0.05) is 18.2 Å². The van der Waals surface area contributed by atoms with E-state index < -0.39 is 11.9 Å². The Morgan fingerprint density at radius 3 is 2.18 bits per heavy atom. The van der Waals surface area contributed by atoms with Gasteiger partial charge >= 0.3 is 5.97 Å². The van der Waals surface area contributed by atoms with Crippen molar-refractivity contribution in [3.63, 3.8) is 0 Å². The average molecular weight is 466 g/mol. The van der Waals surface area contributed by atoms with Gasteiger partial charge in [0, 0.05) is 23.3 Å². The van der Waals surface area contributed by atoms with Crippen molar-refractivity contribution in [2.75, 3.05) is 33.3 Å². The lowest BCUT2D eigenvalue weighted by atomic mass is 10.1. The van der Waals surface area contributed by atoms with Gasteiger partial charge in [-0.15, -0.1) is 0 Å². The van der Waals surface area contributed by atoms with Crippen LogP contribution in [0.15, 0.2) is 60.7 Å². The summed E-state index contributed by atoms with van der Waals surface area (Å²) in [6, 6.07) is 17.4. The number of amides is 1. The number of carbonyl (C=O) groups excluding carboxylic acids is 2. The highest BCUT2D eigenvalue weighted by Crippen LogP contribution is 2.34. The van der Waals surface area contributed by atoms with Crippen LogP contribution in [0, 0.1) is 0 Å². The second kappa shape index (κ2) is 11.6. The standard InChI is InChI=1S/C26H27NO7/c1-5-33-22-12-11-17(13-18(22)16-34-19-9-7-6-8-10-19)25(28)27-21-15-24(31-3)23(30-2)14-20(21)26(29)32-4/h6-15H,5,16H2,1-4H3,(H,27,28). The number of anilines is 1. The molecule has 178 valence electrons. The number of carbonyl (C=O) groups is 2. The average Bonchev–Trinajstić information content (AvgIpc) is 2.88. The van der Waals surface area contributed by atoms with Crippen LogP contribution in [-0.4, -0.2) is 39.8 Å². The molecule has 3 rings (SSSR count). The van der Waals surface area contributed by atoms with Gasteiger partial charge in [-0.3, -0.25) is 4.79 Å². The summed E-state index contributed by atoms with van der Waals surface area (Å²) in [6.07, 6.45) is 0. The Morgan fingerprint density at radius 2 is 1.53 bits per heavy atom. The molecule has 0 saturated carbocycles. The summed E-state index contributed by atoms with van der Waals surface area (Å²) in [7, 11) is 4.18. The van der Waals surface area contributed by atoms with Crippen molar-refractivity contribution in [3.05, 3.63) is 77.4 Å². The molecule has 1 N–H and O–H groups in total. The SMILES string of the molecule is CCOc1ccc(C(=O)Nc2cc(OC)c(OC)cc2C(=O)OC)cc1COc1ccccc1. The molecule has 0 radical (unpaired) electrons. The molecule has 0 fully saturated rings. The van der Waals surface area contributed by atoms with E-state index in [0.29, 0.717) is 40.7 Å². The molecule has 0 aliphatic carbocycles. The molecule has 0 bridgehead atoms. The van der Waals surface area contributed by atoms with Crippen LogP contribution in [0.5, 0.6) is 23.0 Å². The second-order valence-electron chi connectivity index (χ2n) is 7.06. The van der Waals surface area contributed by atoms with Gasteiger partial charge in [-0.05, 0) is 37.3 Å². The topological polar surface area (TPSA) is 92.3 Å². The number of nitrogens with one attached hydrogen (secondary N) is 1. The van der Waals surface area contributed by atoms with Crippen molar-refractivity contribution in [1.82, 2.24) is 0 Å². The van der Waals surface area contributed by atoms with Crippen LogP contribution < -0.4 is 24.3 Å². The van der Waals surface area contributed by atoms with Crippen LogP contribution >= 0.6 is 0 Å². The third-order valence-corrected chi connectivity index (χ3v) is 4.94. The lowest BCUT2D eigenvalue weighted by Gasteiger charge is -2.16. The van der Waals surface area contributed by atoms with Gasteiger partial charge in [0.05, 0.1) is 39.2 Å². The van der Waals surface area contributed by atoms with Gasteiger partial charge in [0.15, 0.2) is 11.5 Å². The predicted molar refractivity (Wildman–Crippen MR) is 127 cm³/mol. The zero-order chi connectivity index (χ0) is 24.5.